The first kappa shape index (κ1) is 23.1. The summed E-state index contributed by atoms with van der Waals surface area (Å²) in [6, 6.07) is 12.5. The van der Waals surface area contributed by atoms with E-state index in [0.717, 1.165) is 24.0 Å². The molecular formula is C25H30ClNO4. The molecule has 1 saturated heterocycles. The fraction of sp³-hybridized carbons (Fsp3) is 0.440. The lowest BCUT2D eigenvalue weighted by molar-refractivity contribution is 0.0105. The van der Waals surface area contributed by atoms with Crippen LogP contribution in [0.5, 0.6) is 5.75 Å². The van der Waals surface area contributed by atoms with Crippen LogP contribution in [0.4, 0.5) is 4.79 Å². The molecule has 0 aromatic heterocycles. The number of amides is 1. The minimum absolute atomic E-state index is 0.0687. The highest BCUT2D eigenvalue weighted by atomic mass is 35.5. The molecular weight excluding hydrogens is 414 g/mol. The van der Waals surface area contributed by atoms with Crippen molar-refractivity contribution < 1.29 is 19.1 Å². The van der Waals surface area contributed by atoms with Gasteiger partial charge in [-0.15, -0.1) is 0 Å². The lowest BCUT2D eigenvalue weighted by atomic mass is 9.94. The average Bonchev–Trinajstić information content (AvgIpc) is 2.71. The first-order chi connectivity index (χ1) is 14.6. The molecule has 3 rings (SSSR count). The number of ether oxygens (including phenoxy) is 2. The average molecular weight is 444 g/mol. The maximum Gasteiger partial charge on any atom is 0.410 e. The molecule has 0 bridgehead atoms. The molecule has 1 aliphatic rings. The Morgan fingerprint density at radius 1 is 1.13 bits per heavy atom. The van der Waals surface area contributed by atoms with E-state index in [0.29, 0.717) is 35.9 Å². The zero-order chi connectivity index (χ0) is 22.6. The van der Waals surface area contributed by atoms with Crippen LogP contribution in [0, 0.1) is 6.92 Å². The SMILES string of the molecule is Cc1ccc(OCc2cccc(C(=O)C3CCCCN3C(=O)OC(C)(C)C)c2)c(Cl)c1. The number of halogens is 1. The van der Waals surface area contributed by atoms with Crippen LogP contribution in [0.3, 0.4) is 0 Å². The van der Waals surface area contributed by atoms with Crippen molar-refractivity contribution in [1.29, 1.82) is 0 Å². The molecule has 0 spiro atoms. The lowest BCUT2D eigenvalue weighted by Gasteiger charge is -2.36. The molecule has 1 atom stereocenters. The summed E-state index contributed by atoms with van der Waals surface area (Å²) >= 11 is 6.24. The topological polar surface area (TPSA) is 55.8 Å². The highest BCUT2D eigenvalue weighted by Crippen LogP contribution is 2.27. The summed E-state index contributed by atoms with van der Waals surface area (Å²) in [6.45, 7) is 8.28. The summed E-state index contributed by atoms with van der Waals surface area (Å²) in [5.41, 5.74) is 1.89. The number of hydrogen-bond donors (Lipinski definition) is 0. The van der Waals surface area contributed by atoms with Crippen molar-refractivity contribution in [3.8, 4) is 5.75 Å². The highest BCUT2D eigenvalue weighted by Gasteiger charge is 2.35. The minimum atomic E-state index is -0.601. The summed E-state index contributed by atoms with van der Waals surface area (Å²) in [6.07, 6.45) is 1.98. The molecule has 6 heteroatoms. The highest BCUT2D eigenvalue weighted by molar-refractivity contribution is 6.32. The Morgan fingerprint density at radius 2 is 1.90 bits per heavy atom. The number of likely N-dealkylation sites (tertiary alicyclic amines) is 1. The molecule has 166 valence electrons. The van der Waals surface area contributed by atoms with Gasteiger partial charge in [-0.2, -0.15) is 0 Å². The smallest absolute Gasteiger partial charge is 0.410 e. The van der Waals surface area contributed by atoms with Crippen LogP contribution in [0.15, 0.2) is 42.5 Å². The van der Waals surface area contributed by atoms with Crippen molar-refractivity contribution in [1.82, 2.24) is 4.90 Å². The second-order valence-electron chi connectivity index (χ2n) is 8.97. The number of hydrogen-bond acceptors (Lipinski definition) is 4. The summed E-state index contributed by atoms with van der Waals surface area (Å²) in [7, 11) is 0. The van der Waals surface area contributed by atoms with Gasteiger partial charge in [-0.1, -0.05) is 35.9 Å². The molecule has 31 heavy (non-hydrogen) atoms. The predicted octanol–water partition coefficient (Wildman–Crippen LogP) is 6.20. The van der Waals surface area contributed by atoms with Gasteiger partial charge in [0.2, 0.25) is 0 Å². The third-order valence-corrected chi connectivity index (χ3v) is 5.42. The van der Waals surface area contributed by atoms with Gasteiger partial charge in [0.15, 0.2) is 5.78 Å². The predicted molar refractivity (Wildman–Crippen MR) is 122 cm³/mol. The van der Waals surface area contributed by atoms with Crippen molar-refractivity contribution in [2.45, 2.75) is 65.2 Å². The Balaban J connectivity index is 1.72. The van der Waals surface area contributed by atoms with E-state index in [1.165, 1.54) is 0 Å². The van der Waals surface area contributed by atoms with E-state index in [4.69, 9.17) is 21.1 Å². The van der Waals surface area contributed by atoms with Crippen molar-refractivity contribution in [2.75, 3.05) is 6.54 Å². The number of Topliss-reactive ketones (excluding diaryl/α,β-unsaturated/α-hetero) is 1. The van der Waals surface area contributed by atoms with E-state index in [1.807, 2.05) is 64.1 Å². The molecule has 1 aliphatic heterocycles. The number of aryl methyl sites for hydroxylation is 1. The van der Waals surface area contributed by atoms with E-state index in [2.05, 4.69) is 0 Å². The van der Waals surface area contributed by atoms with Crippen LogP contribution >= 0.6 is 11.6 Å². The van der Waals surface area contributed by atoms with Gasteiger partial charge in [0.1, 0.15) is 18.0 Å². The Morgan fingerprint density at radius 3 is 2.61 bits per heavy atom. The van der Waals surface area contributed by atoms with E-state index in [-0.39, 0.29) is 5.78 Å². The number of carbonyl (C=O) groups excluding carboxylic acids is 2. The Hall–Kier alpha value is -2.53. The molecule has 2 aromatic rings. The fourth-order valence-electron chi connectivity index (χ4n) is 3.63. The van der Waals surface area contributed by atoms with E-state index in [1.54, 1.807) is 11.0 Å². The molecule has 0 saturated carbocycles. The first-order valence-electron chi connectivity index (χ1n) is 10.7. The van der Waals surface area contributed by atoms with Crippen molar-refractivity contribution in [3.63, 3.8) is 0 Å². The Kier molecular flexibility index (Phi) is 7.26. The maximum atomic E-state index is 13.3. The van der Waals surface area contributed by atoms with Gasteiger partial charge < -0.3 is 9.47 Å². The van der Waals surface area contributed by atoms with Crippen LogP contribution < -0.4 is 4.74 Å². The standard InChI is InChI=1S/C25H30ClNO4/c1-17-11-12-22(20(26)14-17)30-16-18-8-7-9-19(15-18)23(28)21-10-5-6-13-27(21)24(29)31-25(2,3)4/h7-9,11-12,14-15,21H,5-6,10,13,16H2,1-4H3. The number of nitrogens with zero attached hydrogens (tertiary/aromatic N) is 1. The second-order valence-corrected chi connectivity index (χ2v) is 9.38. The van der Waals surface area contributed by atoms with Gasteiger partial charge in [0.25, 0.3) is 0 Å². The molecule has 0 N–H and O–H groups in total. The lowest BCUT2D eigenvalue weighted by Crippen LogP contribution is -2.49. The number of rotatable bonds is 5. The third kappa shape index (κ3) is 6.23. The number of benzene rings is 2. The first-order valence-corrected chi connectivity index (χ1v) is 11.0. The largest absolute Gasteiger partial charge is 0.487 e. The van der Waals surface area contributed by atoms with Gasteiger partial charge >= 0.3 is 6.09 Å². The van der Waals surface area contributed by atoms with Gasteiger partial charge in [0.05, 0.1) is 11.1 Å². The quantitative estimate of drug-likeness (QED) is 0.516. The van der Waals surface area contributed by atoms with E-state index < -0.39 is 17.7 Å². The van der Waals surface area contributed by atoms with Gasteiger partial charge in [-0.25, -0.2) is 4.79 Å². The normalized spacial score (nSPS) is 16.7. The van der Waals surface area contributed by atoms with Crippen LogP contribution in [0.2, 0.25) is 5.02 Å². The molecule has 1 heterocycles. The van der Waals surface area contributed by atoms with Crippen LogP contribution in [-0.4, -0.2) is 35.0 Å². The maximum absolute atomic E-state index is 13.3. The number of carbonyl (C=O) groups is 2. The molecule has 0 radical (unpaired) electrons. The Labute approximate surface area is 189 Å². The fourth-order valence-corrected chi connectivity index (χ4v) is 3.92. The monoisotopic (exact) mass is 443 g/mol. The zero-order valence-electron chi connectivity index (χ0n) is 18.6. The van der Waals surface area contributed by atoms with Crippen LogP contribution in [-0.2, 0) is 11.3 Å². The summed E-state index contributed by atoms with van der Waals surface area (Å²) in [5, 5.41) is 0.558. The van der Waals surface area contributed by atoms with Crippen molar-refractivity contribution in [2.24, 2.45) is 0 Å². The molecule has 1 unspecified atom stereocenters. The molecule has 5 nitrogen and oxygen atoms in total. The molecule has 0 aliphatic carbocycles. The summed E-state index contributed by atoms with van der Waals surface area (Å²) in [5.74, 6) is 0.535. The van der Waals surface area contributed by atoms with Gasteiger partial charge in [-0.3, -0.25) is 9.69 Å². The van der Waals surface area contributed by atoms with Crippen molar-refractivity contribution >= 4 is 23.5 Å². The second kappa shape index (κ2) is 9.73. The van der Waals surface area contributed by atoms with E-state index >= 15 is 0 Å². The van der Waals surface area contributed by atoms with Crippen LogP contribution in [0.1, 0.15) is 61.5 Å². The summed E-state index contributed by atoms with van der Waals surface area (Å²) in [4.78, 5) is 27.5. The number of piperidine rings is 1. The van der Waals surface area contributed by atoms with Crippen molar-refractivity contribution in [3.05, 3.63) is 64.2 Å². The molecule has 2 aromatic carbocycles. The van der Waals surface area contributed by atoms with Crippen LogP contribution in [0.25, 0.3) is 0 Å². The number of ketones is 1. The molecule has 1 fully saturated rings. The van der Waals surface area contributed by atoms with Gasteiger partial charge in [0, 0.05) is 12.1 Å². The molecule has 1 amide bonds. The van der Waals surface area contributed by atoms with E-state index in [9.17, 15) is 9.59 Å². The minimum Gasteiger partial charge on any atom is -0.487 e. The van der Waals surface area contributed by atoms with Gasteiger partial charge in [-0.05, 0) is 76.3 Å². The summed E-state index contributed by atoms with van der Waals surface area (Å²) < 4.78 is 11.4. The third-order valence-electron chi connectivity index (χ3n) is 5.13. The zero-order valence-corrected chi connectivity index (χ0v) is 19.4. The Bertz CT molecular complexity index is 951.